The van der Waals surface area contributed by atoms with Crippen LogP contribution in [0.1, 0.15) is 32.6 Å². The number of nitrogens with zero attached hydrogens (tertiary/aromatic N) is 1. The van der Waals surface area contributed by atoms with E-state index in [4.69, 9.17) is 13.9 Å². The first-order chi connectivity index (χ1) is 12.7. The van der Waals surface area contributed by atoms with E-state index >= 15 is 0 Å². The molecule has 0 N–H and O–H groups in total. The second-order valence-electron chi connectivity index (χ2n) is 6.05. The number of carbonyl (C=O) groups is 1. The molecule has 6 heteroatoms. The Morgan fingerprint density at radius 3 is 2.65 bits per heavy atom. The largest absolute Gasteiger partial charge is 0.493 e. The minimum absolute atomic E-state index is 0.103. The van der Waals surface area contributed by atoms with Crippen LogP contribution in [0.3, 0.4) is 0 Å². The van der Waals surface area contributed by atoms with Gasteiger partial charge in [0.25, 0.3) is 5.91 Å². The second-order valence-corrected chi connectivity index (χ2v) is 7.03. The number of furan rings is 1. The van der Waals surface area contributed by atoms with Gasteiger partial charge in [0, 0.05) is 11.4 Å². The maximum Gasteiger partial charge on any atom is 0.290 e. The normalized spacial score (nSPS) is 16.2. The summed E-state index contributed by atoms with van der Waals surface area (Å²) < 4.78 is 16.3. The molecular formula is C20H19NO4S. The lowest BCUT2D eigenvalue weighted by molar-refractivity contribution is 0.0664. The third-order valence-corrected chi connectivity index (χ3v) is 5.60. The molecule has 26 heavy (non-hydrogen) atoms. The Balaban J connectivity index is 1.83. The molecule has 1 aliphatic rings. The van der Waals surface area contributed by atoms with Crippen molar-refractivity contribution in [1.82, 2.24) is 4.90 Å². The predicted octanol–water partition coefficient (Wildman–Crippen LogP) is 4.15. The Labute approximate surface area is 155 Å². The molecule has 0 bridgehead atoms. The Hall–Kier alpha value is -2.73. The molecule has 0 saturated heterocycles. The number of methoxy groups -OCH3 is 2. The van der Waals surface area contributed by atoms with Crippen LogP contribution in [0.5, 0.6) is 11.5 Å². The number of carbonyl (C=O) groups excluding carboxylic acids is 1. The fourth-order valence-corrected chi connectivity index (χ4v) is 4.31. The first kappa shape index (κ1) is 16.7. The van der Waals surface area contributed by atoms with Crippen LogP contribution in [0.25, 0.3) is 0 Å². The van der Waals surface area contributed by atoms with Crippen molar-refractivity contribution in [2.45, 2.75) is 12.5 Å². The Bertz CT molecular complexity index is 902. The molecule has 1 aliphatic heterocycles. The quantitative estimate of drug-likeness (QED) is 0.693. The van der Waals surface area contributed by atoms with Crippen molar-refractivity contribution < 1.29 is 18.7 Å². The second kappa shape index (κ2) is 6.88. The van der Waals surface area contributed by atoms with Gasteiger partial charge in [-0.3, -0.25) is 4.79 Å². The first-order valence-corrected chi connectivity index (χ1v) is 9.23. The number of thiophene rings is 1. The van der Waals surface area contributed by atoms with E-state index in [1.807, 2.05) is 28.5 Å². The maximum atomic E-state index is 13.0. The van der Waals surface area contributed by atoms with Gasteiger partial charge in [-0.15, -0.1) is 11.3 Å². The SMILES string of the molecule is COc1cc2c(cc1OC)[C@H](c1cccs1)N(C(=O)c1ccco1)CC2. The van der Waals surface area contributed by atoms with Crippen LogP contribution in [0, 0.1) is 0 Å². The first-order valence-electron chi connectivity index (χ1n) is 8.35. The number of hydrogen-bond donors (Lipinski definition) is 0. The third kappa shape index (κ3) is 2.76. The zero-order valence-corrected chi connectivity index (χ0v) is 15.4. The standard InChI is InChI=1S/C20H19NO4S/c1-23-16-11-13-7-8-21(20(22)15-5-3-9-25-15)19(18-6-4-10-26-18)14(13)12-17(16)24-2/h3-6,9-12,19H,7-8H2,1-2H3/t19-/m1/s1. The van der Waals surface area contributed by atoms with Crippen LogP contribution in [-0.4, -0.2) is 31.6 Å². The van der Waals surface area contributed by atoms with Crippen molar-refractivity contribution in [2.75, 3.05) is 20.8 Å². The number of fused-ring (bicyclic) bond motifs is 1. The van der Waals surface area contributed by atoms with Crippen molar-refractivity contribution >= 4 is 17.2 Å². The number of hydrogen-bond acceptors (Lipinski definition) is 5. The number of ether oxygens (including phenoxy) is 2. The fourth-order valence-electron chi connectivity index (χ4n) is 3.46. The predicted molar refractivity (Wildman–Crippen MR) is 99.2 cm³/mol. The van der Waals surface area contributed by atoms with Gasteiger partial charge < -0.3 is 18.8 Å². The molecule has 1 aromatic carbocycles. The Morgan fingerprint density at radius 1 is 1.19 bits per heavy atom. The van der Waals surface area contributed by atoms with E-state index in [0.29, 0.717) is 23.8 Å². The van der Waals surface area contributed by atoms with E-state index in [9.17, 15) is 4.79 Å². The van der Waals surface area contributed by atoms with Crippen molar-refractivity contribution in [3.05, 3.63) is 69.8 Å². The van der Waals surface area contributed by atoms with Crippen molar-refractivity contribution in [3.63, 3.8) is 0 Å². The summed E-state index contributed by atoms with van der Waals surface area (Å²) in [5, 5.41) is 2.03. The van der Waals surface area contributed by atoms with Gasteiger partial charge in [0.15, 0.2) is 17.3 Å². The summed E-state index contributed by atoms with van der Waals surface area (Å²) in [5.41, 5.74) is 2.24. The van der Waals surface area contributed by atoms with Gasteiger partial charge in [-0.25, -0.2) is 0 Å². The van der Waals surface area contributed by atoms with Crippen LogP contribution < -0.4 is 9.47 Å². The van der Waals surface area contributed by atoms with Gasteiger partial charge in [0.1, 0.15) is 0 Å². The lowest BCUT2D eigenvalue weighted by atomic mass is 9.90. The molecule has 0 spiro atoms. The molecule has 0 radical (unpaired) electrons. The summed E-state index contributed by atoms with van der Waals surface area (Å²) >= 11 is 1.64. The molecular weight excluding hydrogens is 350 g/mol. The highest BCUT2D eigenvalue weighted by atomic mass is 32.1. The minimum Gasteiger partial charge on any atom is -0.493 e. The van der Waals surface area contributed by atoms with Gasteiger partial charge in [0.05, 0.1) is 26.5 Å². The van der Waals surface area contributed by atoms with E-state index in [-0.39, 0.29) is 11.9 Å². The zero-order valence-electron chi connectivity index (χ0n) is 14.6. The van der Waals surface area contributed by atoms with Gasteiger partial charge in [-0.05, 0) is 53.3 Å². The van der Waals surface area contributed by atoms with Gasteiger partial charge in [0.2, 0.25) is 0 Å². The number of amides is 1. The molecule has 0 saturated carbocycles. The molecule has 0 unspecified atom stereocenters. The van der Waals surface area contributed by atoms with Crippen molar-refractivity contribution in [3.8, 4) is 11.5 Å². The molecule has 2 aromatic heterocycles. The monoisotopic (exact) mass is 369 g/mol. The van der Waals surface area contributed by atoms with E-state index in [0.717, 1.165) is 16.9 Å². The summed E-state index contributed by atoms with van der Waals surface area (Å²) in [6.07, 6.45) is 2.28. The average Bonchev–Trinajstić information content (AvgIpc) is 3.39. The van der Waals surface area contributed by atoms with E-state index < -0.39 is 0 Å². The van der Waals surface area contributed by atoms with Crippen molar-refractivity contribution in [2.24, 2.45) is 0 Å². The van der Waals surface area contributed by atoms with Gasteiger partial charge >= 0.3 is 0 Å². The Kier molecular flexibility index (Phi) is 4.42. The van der Waals surface area contributed by atoms with Crippen LogP contribution in [-0.2, 0) is 6.42 Å². The number of benzene rings is 1. The molecule has 0 aliphatic carbocycles. The third-order valence-electron chi connectivity index (χ3n) is 4.68. The molecule has 1 atom stereocenters. The van der Waals surface area contributed by atoms with E-state index in [1.165, 1.54) is 11.8 Å². The van der Waals surface area contributed by atoms with E-state index in [2.05, 4.69) is 6.07 Å². The molecule has 0 fully saturated rings. The molecule has 4 rings (SSSR count). The summed E-state index contributed by atoms with van der Waals surface area (Å²) in [7, 11) is 3.26. The molecule has 3 aromatic rings. The highest BCUT2D eigenvalue weighted by molar-refractivity contribution is 7.10. The lowest BCUT2D eigenvalue weighted by Crippen LogP contribution is -2.40. The highest BCUT2D eigenvalue weighted by Crippen LogP contribution is 2.42. The van der Waals surface area contributed by atoms with Gasteiger partial charge in [-0.1, -0.05) is 6.07 Å². The Morgan fingerprint density at radius 2 is 2.00 bits per heavy atom. The molecule has 3 heterocycles. The van der Waals surface area contributed by atoms with Crippen LogP contribution in [0.4, 0.5) is 0 Å². The molecule has 1 amide bonds. The smallest absolute Gasteiger partial charge is 0.290 e. The topological polar surface area (TPSA) is 51.9 Å². The average molecular weight is 369 g/mol. The summed E-state index contributed by atoms with van der Waals surface area (Å²) in [5.74, 6) is 1.63. The van der Waals surface area contributed by atoms with E-state index in [1.54, 1.807) is 37.7 Å². The van der Waals surface area contributed by atoms with Crippen molar-refractivity contribution in [1.29, 1.82) is 0 Å². The van der Waals surface area contributed by atoms with Crippen LogP contribution in [0.2, 0.25) is 0 Å². The molecule has 134 valence electrons. The minimum atomic E-state index is -0.170. The van der Waals surface area contributed by atoms with Crippen LogP contribution >= 0.6 is 11.3 Å². The fraction of sp³-hybridized carbons (Fsp3) is 0.250. The summed E-state index contributed by atoms with van der Waals surface area (Å²) in [6.45, 7) is 0.616. The number of rotatable bonds is 4. The maximum absolute atomic E-state index is 13.0. The summed E-state index contributed by atoms with van der Waals surface area (Å²) in [4.78, 5) is 16.0. The van der Waals surface area contributed by atoms with Crippen LogP contribution in [0.15, 0.2) is 52.5 Å². The van der Waals surface area contributed by atoms with Gasteiger partial charge in [-0.2, -0.15) is 0 Å². The summed E-state index contributed by atoms with van der Waals surface area (Å²) in [6, 6.07) is 11.3. The lowest BCUT2D eigenvalue weighted by Gasteiger charge is -2.37. The molecule has 5 nitrogen and oxygen atoms in total. The zero-order chi connectivity index (χ0) is 18.1. The highest BCUT2D eigenvalue weighted by Gasteiger charge is 2.35.